The number of amides is 1. The predicted molar refractivity (Wildman–Crippen MR) is 97.3 cm³/mol. The van der Waals surface area contributed by atoms with E-state index in [1.807, 2.05) is 54.8 Å². The van der Waals surface area contributed by atoms with E-state index in [9.17, 15) is 4.79 Å². The molecule has 0 saturated carbocycles. The van der Waals surface area contributed by atoms with Crippen LogP contribution in [0, 0.1) is 6.92 Å². The molecule has 24 heavy (non-hydrogen) atoms. The third kappa shape index (κ3) is 2.43. The van der Waals surface area contributed by atoms with Crippen LogP contribution >= 0.6 is 11.3 Å². The van der Waals surface area contributed by atoms with E-state index in [0.717, 1.165) is 21.2 Å². The molecular weight excluding hydrogens is 322 g/mol. The molecule has 0 fully saturated rings. The molecule has 0 radical (unpaired) electrons. The van der Waals surface area contributed by atoms with Gasteiger partial charge in [-0.2, -0.15) is 0 Å². The molecule has 0 spiro atoms. The first kappa shape index (κ1) is 14.8. The molecule has 0 aliphatic rings. The van der Waals surface area contributed by atoms with Crippen molar-refractivity contribution in [3.8, 4) is 5.75 Å². The Bertz CT molecular complexity index is 1060. The topological polar surface area (TPSA) is 51.5 Å². The van der Waals surface area contributed by atoms with Crippen molar-refractivity contribution in [2.24, 2.45) is 0 Å². The molecule has 120 valence electrons. The van der Waals surface area contributed by atoms with Crippen molar-refractivity contribution in [1.82, 2.24) is 0 Å². The Kier molecular flexibility index (Phi) is 3.50. The van der Waals surface area contributed by atoms with E-state index < -0.39 is 0 Å². The average Bonchev–Trinajstić information content (AvgIpc) is 3.17. The van der Waals surface area contributed by atoms with Gasteiger partial charge in [0.15, 0.2) is 0 Å². The van der Waals surface area contributed by atoms with Crippen molar-refractivity contribution in [3.05, 3.63) is 58.3 Å². The zero-order valence-electron chi connectivity index (χ0n) is 13.3. The summed E-state index contributed by atoms with van der Waals surface area (Å²) in [6.45, 7) is 1.97. The van der Waals surface area contributed by atoms with Crippen molar-refractivity contribution in [2.75, 3.05) is 12.4 Å². The van der Waals surface area contributed by atoms with E-state index >= 15 is 0 Å². The number of carbonyl (C=O) groups is 1. The summed E-state index contributed by atoms with van der Waals surface area (Å²) in [5, 5.41) is 6.74. The number of nitrogens with one attached hydrogen (secondary N) is 1. The minimum atomic E-state index is -0.159. The molecule has 1 N–H and O–H groups in total. The van der Waals surface area contributed by atoms with Gasteiger partial charge in [-0.1, -0.05) is 18.2 Å². The van der Waals surface area contributed by atoms with Gasteiger partial charge in [0.2, 0.25) is 0 Å². The molecule has 1 amide bonds. The average molecular weight is 337 g/mol. The Morgan fingerprint density at radius 3 is 2.71 bits per heavy atom. The molecule has 4 aromatic rings. The molecule has 0 unspecified atom stereocenters. The maximum absolute atomic E-state index is 12.4. The Labute approximate surface area is 142 Å². The molecule has 2 heterocycles. The van der Waals surface area contributed by atoms with Gasteiger partial charge in [0.1, 0.15) is 16.9 Å². The smallest absolute Gasteiger partial charge is 0.256 e. The van der Waals surface area contributed by atoms with Crippen molar-refractivity contribution in [1.29, 1.82) is 0 Å². The lowest BCUT2D eigenvalue weighted by Crippen LogP contribution is -2.11. The number of benzene rings is 2. The monoisotopic (exact) mass is 337 g/mol. The van der Waals surface area contributed by atoms with Crippen LogP contribution in [0.3, 0.4) is 0 Å². The fraction of sp³-hybridized carbons (Fsp3) is 0.105. The van der Waals surface area contributed by atoms with Crippen LogP contribution in [0.1, 0.15) is 15.2 Å². The Balaban J connectivity index is 1.79. The minimum Gasteiger partial charge on any atom is -0.495 e. The standard InChI is InChI=1S/C19H15NO3S/c1-11-7-12(10-24-11)19(21)20-15-9-17-14(8-18(15)22-2)13-5-3-4-6-16(13)23-17/h3-10H,1-2H3,(H,20,21). The van der Waals surface area contributed by atoms with Crippen LogP contribution in [0.25, 0.3) is 21.9 Å². The SMILES string of the molecule is COc1cc2c(cc1NC(=O)c1csc(C)c1)oc1ccccc12. The number of thiophene rings is 1. The minimum absolute atomic E-state index is 0.159. The summed E-state index contributed by atoms with van der Waals surface area (Å²) in [4.78, 5) is 13.5. The lowest BCUT2D eigenvalue weighted by Gasteiger charge is -2.09. The Morgan fingerprint density at radius 1 is 1.12 bits per heavy atom. The highest BCUT2D eigenvalue weighted by molar-refractivity contribution is 7.10. The molecule has 2 aromatic carbocycles. The van der Waals surface area contributed by atoms with E-state index in [0.29, 0.717) is 22.6 Å². The summed E-state index contributed by atoms with van der Waals surface area (Å²) in [5.74, 6) is 0.447. The maximum atomic E-state index is 12.4. The van der Waals surface area contributed by atoms with Gasteiger partial charge in [0.25, 0.3) is 5.91 Å². The first-order chi connectivity index (χ1) is 11.7. The maximum Gasteiger partial charge on any atom is 0.256 e. The van der Waals surface area contributed by atoms with Gasteiger partial charge in [-0.25, -0.2) is 0 Å². The van der Waals surface area contributed by atoms with Crippen molar-refractivity contribution >= 4 is 44.9 Å². The molecule has 0 aliphatic heterocycles. The summed E-state index contributed by atoms with van der Waals surface area (Å²) in [5.41, 5.74) is 2.77. The first-order valence-corrected chi connectivity index (χ1v) is 8.39. The third-order valence-electron chi connectivity index (χ3n) is 3.94. The zero-order valence-corrected chi connectivity index (χ0v) is 14.1. The van der Waals surface area contributed by atoms with Crippen molar-refractivity contribution in [2.45, 2.75) is 6.92 Å². The molecular formula is C19H15NO3S. The summed E-state index contributed by atoms with van der Waals surface area (Å²) < 4.78 is 11.3. The molecule has 0 bridgehead atoms. The number of furan rings is 1. The van der Waals surface area contributed by atoms with E-state index in [-0.39, 0.29) is 5.91 Å². The van der Waals surface area contributed by atoms with Gasteiger partial charge in [-0.3, -0.25) is 4.79 Å². The number of ether oxygens (including phenoxy) is 1. The fourth-order valence-corrected chi connectivity index (χ4v) is 3.46. The number of anilines is 1. The van der Waals surface area contributed by atoms with Crippen LogP contribution in [-0.2, 0) is 0 Å². The second kappa shape index (κ2) is 5.69. The van der Waals surface area contributed by atoms with E-state index in [4.69, 9.17) is 9.15 Å². The molecule has 4 rings (SSSR count). The van der Waals surface area contributed by atoms with Gasteiger partial charge < -0.3 is 14.5 Å². The molecule has 0 aliphatic carbocycles. The normalized spacial score (nSPS) is 11.1. The predicted octanol–water partition coefficient (Wildman–Crippen LogP) is 5.22. The van der Waals surface area contributed by atoms with Crippen LogP contribution in [0.2, 0.25) is 0 Å². The van der Waals surface area contributed by atoms with Crippen molar-refractivity contribution in [3.63, 3.8) is 0 Å². The largest absolute Gasteiger partial charge is 0.495 e. The van der Waals surface area contributed by atoms with E-state index in [1.54, 1.807) is 18.4 Å². The fourth-order valence-electron chi connectivity index (χ4n) is 2.78. The lowest BCUT2D eigenvalue weighted by molar-refractivity contribution is 0.102. The second-order valence-electron chi connectivity index (χ2n) is 5.55. The number of methoxy groups -OCH3 is 1. The lowest BCUT2D eigenvalue weighted by atomic mass is 10.1. The van der Waals surface area contributed by atoms with Gasteiger partial charge in [0, 0.05) is 27.1 Å². The summed E-state index contributed by atoms with van der Waals surface area (Å²) in [6.07, 6.45) is 0. The van der Waals surface area contributed by atoms with Crippen LogP contribution < -0.4 is 10.1 Å². The summed E-state index contributed by atoms with van der Waals surface area (Å²) in [7, 11) is 1.59. The number of rotatable bonds is 3. The van der Waals surface area contributed by atoms with Crippen LogP contribution in [0.5, 0.6) is 5.75 Å². The number of carbonyl (C=O) groups excluding carboxylic acids is 1. The van der Waals surface area contributed by atoms with E-state index in [2.05, 4.69) is 5.32 Å². The van der Waals surface area contributed by atoms with E-state index in [1.165, 1.54) is 0 Å². The molecule has 0 atom stereocenters. The van der Waals surface area contributed by atoms with Gasteiger partial charge in [0.05, 0.1) is 18.4 Å². The highest BCUT2D eigenvalue weighted by atomic mass is 32.1. The second-order valence-corrected chi connectivity index (χ2v) is 6.66. The van der Waals surface area contributed by atoms with Gasteiger partial charge in [-0.15, -0.1) is 11.3 Å². The number of fused-ring (bicyclic) bond motifs is 3. The number of hydrogen-bond donors (Lipinski definition) is 1. The number of hydrogen-bond acceptors (Lipinski definition) is 4. The molecule has 4 nitrogen and oxygen atoms in total. The highest BCUT2D eigenvalue weighted by Gasteiger charge is 2.15. The summed E-state index contributed by atoms with van der Waals surface area (Å²) in [6, 6.07) is 13.4. The quantitative estimate of drug-likeness (QED) is 0.558. The van der Waals surface area contributed by atoms with Gasteiger partial charge >= 0.3 is 0 Å². The van der Waals surface area contributed by atoms with Crippen LogP contribution in [-0.4, -0.2) is 13.0 Å². The number of aryl methyl sites for hydroxylation is 1. The highest BCUT2D eigenvalue weighted by Crippen LogP contribution is 2.36. The Morgan fingerprint density at radius 2 is 1.96 bits per heavy atom. The molecule has 0 saturated heterocycles. The van der Waals surface area contributed by atoms with Gasteiger partial charge in [-0.05, 0) is 25.1 Å². The van der Waals surface area contributed by atoms with Crippen LogP contribution in [0.4, 0.5) is 5.69 Å². The van der Waals surface area contributed by atoms with Crippen molar-refractivity contribution < 1.29 is 13.9 Å². The van der Waals surface area contributed by atoms with Crippen LogP contribution in [0.15, 0.2) is 52.3 Å². The Hall–Kier alpha value is -2.79. The zero-order chi connectivity index (χ0) is 16.7. The third-order valence-corrected chi connectivity index (χ3v) is 4.80. The number of para-hydroxylation sites is 1. The molecule has 2 aromatic heterocycles. The molecule has 5 heteroatoms. The summed E-state index contributed by atoms with van der Waals surface area (Å²) >= 11 is 1.55. The first-order valence-electron chi connectivity index (χ1n) is 7.51.